The van der Waals surface area contributed by atoms with Gasteiger partial charge in [0.15, 0.2) is 0 Å². The summed E-state index contributed by atoms with van der Waals surface area (Å²) in [6.07, 6.45) is 19.7. The summed E-state index contributed by atoms with van der Waals surface area (Å²) < 4.78 is 32.9. The third-order valence-electron chi connectivity index (χ3n) is 6.24. The first-order valence-corrected chi connectivity index (χ1v) is 15.5. The molecule has 0 saturated carbocycles. The Kier molecular flexibility index (Phi) is 15.0. The summed E-state index contributed by atoms with van der Waals surface area (Å²) in [5.74, 6) is -0.0244. The van der Waals surface area contributed by atoms with Gasteiger partial charge in [0.05, 0.1) is 18.8 Å². The van der Waals surface area contributed by atoms with Crippen molar-refractivity contribution < 1.29 is 27.7 Å². The number of rotatable bonds is 17. The minimum Gasteiger partial charge on any atom is -0.423 e. The fourth-order valence-electron chi connectivity index (χ4n) is 4.03. The first-order valence-electron chi connectivity index (χ1n) is 14.0. The van der Waals surface area contributed by atoms with Crippen molar-refractivity contribution in [2.45, 2.75) is 79.8 Å². The summed E-state index contributed by atoms with van der Waals surface area (Å²) >= 11 is 0. The highest BCUT2D eigenvalue weighted by Crippen LogP contribution is 2.49. The van der Waals surface area contributed by atoms with E-state index in [0.29, 0.717) is 16.9 Å². The number of ether oxygens (including phenoxy) is 1. The Bertz CT molecular complexity index is 1290. The Morgan fingerprint density at radius 1 is 0.878 bits per heavy atom. The molecule has 7 heteroatoms. The highest BCUT2D eigenvalue weighted by molar-refractivity contribution is 7.48. The van der Waals surface area contributed by atoms with Crippen LogP contribution >= 0.6 is 7.82 Å². The summed E-state index contributed by atoms with van der Waals surface area (Å²) in [6.45, 7) is 10.4. The molecule has 0 radical (unpaired) electrons. The fraction of sp³-hybridized carbons (Fsp3) is 0.382. The van der Waals surface area contributed by atoms with Crippen molar-refractivity contribution in [3.63, 3.8) is 0 Å². The lowest BCUT2D eigenvalue weighted by molar-refractivity contribution is 0.0733. The monoisotopic (exact) mass is 578 g/mol. The molecule has 0 aliphatic carbocycles. The third-order valence-corrected chi connectivity index (χ3v) is 7.59. The lowest BCUT2D eigenvalue weighted by Gasteiger charge is -2.14. The van der Waals surface area contributed by atoms with E-state index < -0.39 is 13.8 Å². The van der Waals surface area contributed by atoms with Crippen molar-refractivity contribution in [2.24, 2.45) is 0 Å². The van der Waals surface area contributed by atoms with Gasteiger partial charge in [-0.3, -0.25) is 9.05 Å². The highest BCUT2D eigenvalue weighted by atomic mass is 31.2. The number of hydrogen-bond donors (Lipinski definition) is 0. The number of terminal acetylenes is 1. The van der Waals surface area contributed by atoms with Crippen LogP contribution in [0.3, 0.4) is 0 Å². The van der Waals surface area contributed by atoms with Gasteiger partial charge < -0.3 is 9.26 Å². The maximum Gasteiger partial charge on any atom is 0.538 e. The van der Waals surface area contributed by atoms with Gasteiger partial charge >= 0.3 is 13.8 Å². The van der Waals surface area contributed by atoms with Crippen LogP contribution in [0.2, 0.25) is 0 Å². The summed E-state index contributed by atoms with van der Waals surface area (Å²) in [5.41, 5.74) is 6.33. The van der Waals surface area contributed by atoms with Gasteiger partial charge in [0.1, 0.15) is 11.9 Å². The minimum absolute atomic E-state index is 0.0465. The summed E-state index contributed by atoms with van der Waals surface area (Å²) in [7, 11) is -3.83. The number of carbonyl (C=O) groups is 1. The number of carbonyl (C=O) groups excluding carboxylic acids is 1. The molecule has 41 heavy (non-hydrogen) atoms. The van der Waals surface area contributed by atoms with Crippen LogP contribution in [0.25, 0.3) is 0 Å². The largest absolute Gasteiger partial charge is 0.538 e. The highest BCUT2D eigenvalue weighted by Gasteiger charge is 2.26. The molecule has 0 aliphatic rings. The zero-order valence-corrected chi connectivity index (χ0v) is 25.9. The van der Waals surface area contributed by atoms with Gasteiger partial charge in [0, 0.05) is 0 Å². The summed E-state index contributed by atoms with van der Waals surface area (Å²) in [4.78, 5) is 13.0. The molecule has 1 unspecified atom stereocenters. The second-order valence-electron chi connectivity index (χ2n) is 10.0. The average molecular weight is 579 g/mol. The van der Waals surface area contributed by atoms with Crippen molar-refractivity contribution in [3.8, 4) is 18.3 Å². The van der Waals surface area contributed by atoms with Crippen LogP contribution in [0, 0.1) is 12.5 Å². The SMILES string of the molecule is C#COP(=O)(OCC)OCc1ccc(OC(=O)c2ccccc2CC/C=C(\C)CC/C=C(\C)CCC=C(C)C)cc1. The quantitative estimate of drug-likeness (QED) is 0.0612. The van der Waals surface area contributed by atoms with Gasteiger partial charge in [-0.25, -0.2) is 9.36 Å². The maximum atomic E-state index is 13.0. The second-order valence-corrected chi connectivity index (χ2v) is 11.6. The van der Waals surface area contributed by atoms with Gasteiger partial charge in [0.25, 0.3) is 0 Å². The number of hydrogen-bond acceptors (Lipinski definition) is 6. The zero-order valence-electron chi connectivity index (χ0n) is 25.0. The van der Waals surface area contributed by atoms with E-state index >= 15 is 0 Å². The van der Waals surface area contributed by atoms with Crippen LogP contribution < -0.4 is 4.74 Å². The molecule has 0 bridgehead atoms. The van der Waals surface area contributed by atoms with Gasteiger partial charge in [-0.05, 0) is 102 Å². The van der Waals surface area contributed by atoms with E-state index in [4.69, 9.17) is 20.2 Å². The van der Waals surface area contributed by atoms with E-state index in [1.54, 1.807) is 37.3 Å². The van der Waals surface area contributed by atoms with Crippen molar-refractivity contribution in [1.29, 1.82) is 0 Å². The molecule has 220 valence electrons. The van der Waals surface area contributed by atoms with Crippen LogP contribution in [0.15, 0.2) is 83.5 Å². The summed E-state index contributed by atoms with van der Waals surface area (Å²) in [5, 5.41) is 0. The van der Waals surface area contributed by atoms with E-state index in [9.17, 15) is 9.36 Å². The molecule has 2 rings (SSSR count). The smallest absolute Gasteiger partial charge is 0.423 e. The predicted molar refractivity (Wildman–Crippen MR) is 166 cm³/mol. The molecule has 0 fully saturated rings. The minimum atomic E-state index is -3.83. The molecule has 2 aromatic carbocycles. The van der Waals surface area contributed by atoms with Gasteiger partial charge in [0.2, 0.25) is 0 Å². The Hall–Kier alpha value is -3.36. The standard InChI is InChI=1S/C34H43O6P/c1-7-37-41(36,38-8-2)39-26-30-22-24-32(25-23-30)40-34(35)33-21-10-9-19-31(33)20-13-18-29(6)17-12-16-28(5)15-11-14-27(3)4/h1,9-10,14,16,18-19,21-25H,8,11-13,15,17,20,26H2,2-6H3/b28-16+,29-18+. The molecule has 2 aromatic rings. The number of phosphoric acid groups is 1. The molecule has 0 saturated heterocycles. The average Bonchev–Trinajstić information content (AvgIpc) is 2.93. The number of phosphoric ester groups is 1. The number of allylic oxidation sites excluding steroid dienone is 6. The third kappa shape index (κ3) is 13.2. The van der Waals surface area contributed by atoms with Crippen molar-refractivity contribution in [3.05, 3.63) is 100 Å². The van der Waals surface area contributed by atoms with Crippen LogP contribution in [0.5, 0.6) is 5.75 Å². The molecule has 0 aliphatic heterocycles. The summed E-state index contributed by atoms with van der Waals surface area (Å²) in [6, 6.07) is 14.2. The van der Waals surface area contributed by atoms with Crippen molar-refractivity contribution >= 4 is 13.8 Å². The van der Waals surface area contributed by atoms with Crippen LogP contribution in [0.4, 0.5) is 0 Å². The molecule has 0 aromatic heterocycles. The van der Waals surface area contributed by atoms with Crippen molar-refractivity contribution in [1.82, 2.24) is 0 Å². The molecular weight excluding hydrogens is 535 g/mol. The van der Waals surface area contributed by atoms with Gasteiger partial charge in [-0.1, -0.05) is 71.7 Å². The molecule has 0 N–H and O–H groups in total. The number of esters is 1. The topological polar surface area (TPSA) is 71.1 Å². The van der Waals surface area contributed by atoms with Gasteiger partial charge in [-0.15, -0.1) is 0 Å². The molecule has 6 nitrogen and oxygen atoms in total. The Morgan fingerprint density at radius 3 is 2.15 bits per heavy atom. The fourth-order valence-corrected chi connectivity index (χ4v) is 4.96. The molecule has 0 amide bonds. The Balaban J connectivity index is 1.89. The lowest BCUT2D eigenvalue weighted by Crippen LogP contribution is -2.11. The van der Waals surface area contributed by atoms with E-state index in [0.717, 1.165) is 44.1 Å². The van der Waals surface area contributed by atoms with E-state index in [1.165, 1.54) is 16.7 Å². The van der Waals surface area contributed by atoms with Gasteiger partial charge in [-0.2, -0.15) is 0 Å². The molecular formula is C34H43O6P. The van der Waals surface area contributed by atoms with Crippen LogP contribution in [-0.2, 0) is 31.2 Å². The van der Waals surface area contributed by atoms with Crippen LogP contribution in [-0.4, -0.2) is 12.6 Å². The predicted octanol–water partition coefficient (Wildman–Crippen LogP) is 9.53. The first-order chi connectivity index (χ1) is 19.7. The lowest BCUT2D eigenvalue weighted by atomic mass is 10.0. The molecule has 0 heterocycles. The number of aryl methyl sites for hydroxylation is 1. The van der Waals surface area contributed by atoms with Crippen molar-refractivity contribution in [2.75, 3.05) is 6.61 Å². The molecule has 1 atom stereocenters. The Morgan fingerprint density at radius 2 is 1.51 bits per heavy atom. The van der Waals surface area contributed by atoms with E-state index in [1.807, 2.05) is 24.3 Å². The molecule has 0 spiro atoms. The van der Waals surface area contributed by atoms with E-state index in [-0.39, 0.29) is 13.2 Å². The number of benzene rings is 2. The van der Waals surface area contributed by atoms with E-state index in [2.05, 4.69) is 50.4 Å². The maximum absolute atomic E-state index is 13.0. The first kappa shape index (κ1) is 33.8. The normalized spacial score (nSPS) is 13.2. The Labute approximate surface area is 246 Å². The van der Waals surface area contributed by atoms with Crippen LogP contribution in [0.1, 0.15) is 88.2 Å². The second kappa shape index (κ2) is 18.1. The zero-order chi connectivity index (χ0) is 30.1.